The van der Waals surface area contributed by atoms with E-state index in [9.17, 15) is 27.6 Å². The Morgan fingerprint density at radius 3 is 2.34 bits per heavy atom. The van der Waals surface area contributed by atoms with Crippen LogP contribution < -0.4 is 5.32 Å². The van der Waals surface area contributed by atoms with E-state index in [2.05, 4.69) is 5.32 Å². The van der Waals surface area contributed by atoms with E-state index in [0.717, 1.165) is 0 Å². The highest BCUT2D eigenvalue weighted by molar-refractivity contribution is 7.91. The molecule has 2 heterocycles. The second-order valence-electron chi connectivity index (χ2n) is 7.98. The summed E-state index contributed by atoms with van der Waals surface area (Å²) < 4.78 is 41.6. The van der Waals surface area contributed by atoms with Crippen LogP contribution in [0.5, 0.6) is 0 Å². The van der Waals surface area contributed by atoms with Crippen molar-refractivity contribution in [3.05, 3.63) is 29.3 Å². The van der Waals surface area contributed by atoms with E-state index in [1.165, 1.54) is 23.1 Å². The smallest absolute Gasteiger partial charge is 0.305 e. The number of sulfone groups is 1. The minimum absolute atomic E-state index is 0.0245. The second-order valence-corrected chi connectivity index (χ2v) is 10.1. The van der Waals surface area contributed by atoms with Gasteiger partial charge in [0.2, 0.25) is 11.8 Å². The van der Waals surface area contributed by atoms with Crippen molar-refractivity contribution in [2.24, 2.45) is 0 Å². The van der Waals surface area contributed by atoms with Crippen molar-refractivity contribution in [1.82, 2.24) is 10.2 Å². The molecular weight excluding hydrogens is 484 g/mol. The first-order valence-electron chi connectivity index (χ1n) is 11.1. The number of carboxylic acid groups (broad SMARTS) is 1. The van der Waals surface area contributed by atoms with E-state index in [0.29, 0.717) is 5.56 Å². The van der Waals surface area contributed by atoms with Crippen LogP contribution in [0.15, 0.2) is 23.1 Å². The molecule has 192 valence electrons. The van der Waals surface area contributed by atoms with Crippen LogP contribution >= 0.6 is 0 Å². The lowest BCUT2D eigenvalue weighted by molar-refractivity contribution is -0.139. The zero-order valence-electron chi connectivity index (χ0n) is 19.1. The third kappa shape index (κ3) is 7.07. The van der Waals surface area contributed by atoms with Gasteiger partial charge in [0.1, 0.15) is 6.04 Å². The van der Waals surface area contributed by atoms with Crippen molar-refractivity contribution in [3.8, 4) is 0 Å². The van der Waals surface area contributed by atoms with Crippen LogP contribution in [0.4, 0.5) is 0 Å². The molecule has 2 aliphatic heterocycles. The van der Waals surface area contributed by atoms with Gasteiger partial charge in [-0.05, 0) is 18.6 Å². The van der Waals surface area contributed by atoms with Gasteiger partial charge in [0, 0.05) is 24.1 Å². The number of carbonyl (C=O) groups excluding carboxylic acids is 3. The molecule has 1 fully saturated rings. The number of imide groups is 1. The quantitative estimate of drug-likeness (QED) is 0.251. The summed E-state index contributed by atoms with van der Waals surface area (Å²) in [6.07, 6.45) is 0.225. The normalized spacial score (nSPS) is 18.0. The molecule has 0 aliphatic carbocycles. The zero-order valence-corrected chi connectivity index (χ0v) is 19.9. The molecule has 0 aromatic heterocycles. The summed E-state index contributed by atoms with van der Waals surface area (Å²) in [6, 6.07) is 3.63. The lowest BCUT2D eigenvalue weighted by Crippen LogP contribution is -2.52. The number of nitrogens with zero attached hydrogens (tertiary/aromatic N) is 1. The van der Waals surface area contributed by atoms with Crippen molar-refractivity contribution >= 4 is 33.5 Å². The number of aliphatic carboxylic acids is 1. The third-order valence-electron chi connectivity index (χ3n) is 5.57. The number of hydrogen-bond acceptors (Lipinski definition) is 9. The van der Waals surface area contributed by atoms with Crippen molar-refractivity contribution in [1.29, 1.82) is 0 Å². The van der Waals surface area contributed by atoms with Crippen LogP contribution in [0.25, 0.3) is 0 Å². The Hall–Kier alpha value is -2.87. The minimum Gasteiger partial charge on any atom is -0.481 e. The van der Waals surface area contributed by atoms with Gasteiger partial charge < -0.3 is 24.2 Å². The Morgan fingerprint density at radius 1 is 1.03 bits per heavy atom. The summed E-state index contributed by atoms with van der Waals surface area (Å²) in [7, 11) is -3.77. The largest absolute Gasteiger partial charge is 0.481 e. The van der Waals surface area contributed by atoms with Crippen LogP contribution in [-0.2, 0) is 45.0 Å². The summed E-state index contributed by atoms with van der Waals surface area (Å²) in [6.45, 7) is 0.893. The number of amides is 3. The molecular formula is C22H28N2O10S. The third-order valence-corrected chi connectivity index (χ3v) is 7.33. The number of fused-ring (bicyclic) bond motifs is 1. The standard InChI is InChI=1S/C22H28N2O10S/c25-19-5-4-17(21(28)23-19)24-14-16-15(22(24)29)2-1-3-18(16)35(30,31)13-12-34-11-10-33-9-8-32-7-6-20(26)27/h1-3,17H,4-14H2,(H,26,27)(H,23,25,28). The molecule has 1 atom stereocenters. The summed E-state index contributed by atoms with van der Waals surface area (Å²) in [4.78, 5) is 48.2. The molecule has 0 saturated carbocycles. The lowest BCUT2D eigenvalue weighted by atomic mass is 10.0. The van der Waals surface area contributed by atoms with Gasteiger partial charge in [-0.3, -0.25) is 24.5 Å². The zero-order chi connectivity index (χ0) is 25.4. The van der Waals surface area contributed by atoms with E-state index < -0.39 is 39.6 Å². The monoisotopic (exact) mass is 512 g/mol. The van der Waals surface area contributed by atoms with Gasteiger partial charge in [-0.2, -0.15) is 0 Å². The fourth-order valence-electron chi connectivity index (χ4n) is 3.83. The maximum absolute atomic E-state index is 12.9. The molecule has 1 unspecified atom stereocenters. The predicted molar refractivity (Wildman–Crippen MR) is 119 cm³/mol. The minimum atomic E-state index is -3.77. The van der Waals surface area contributed by atoms with E-state index in [-0.39, 0.29) is 81.7 Å². The van der Waals surface area contributed by atoms with Crippen molar-refractivity contribution in [3.63, 3.8) is 0 Å². The molecule has 0 spiro atoms. The van der Waals surface area contributed by atoms with E-state index >= 15 is 0 Å². The number of carbonyl (C=O) groups is 4. The molecule has 1 saturated heterocycles. The maximum atomic E-state index is 12.9. The predicted octanol–water partition coefficient (Wildman–Crippen LogP) is -0.254. The Bertz CT molecular complexity index is 1070. The second kappa shape index (κ2) is 12.2. The van der Waals surface area contributed by atoms with Crippen molar-refractivity contribution in [2.45, 2.75) is 36.7 Å². The van der Waals surface area contributed by atoms with Crippen LogP contribution in [0.1, 0.15) is 35.2 Å². The van der Waals surface area contributed by atoms with Gasteiger partial charge in [0.25, 0.3) is 5.91 Å². The van der Waals surface area contributed by atoms with E-state index in [4.69, 9.17) is 19.3 Å². The van der Waals surface area contributed by atoms with Crippen LogP contribution in [0.2, 0.25) is 0 Å². The summed E-state index contributed by atoms with van der Waals surface area (Å²) >= 11 is 0. The van der Waals surface area contributed by atoms with E-state index in [1.807, 2.05) is 0 Å². The number of piperidine rings is 1. The molecule has 2 aliphatic rings. The Balaban J connectivity index is 1.46. The molecule has 3 amide bonds. The molecule has 35 heavy (non-hydrogen) atoms. The van der Waals surface area contributed by atoms with Crippen molar-refractivity contribution in [2.75, 3.05) is 45.4 Å². The average Bonchev–Trinajstić information content (AvgIpc) is 3.13. The molecule has 2 N–H and O–H groups in total. The number of rotatable bonds is 14. The molecule has 1 aromatic carbocycles. The molecule has 0 radical (unpaired) electrons. The summed E-state index contributed by atoms with van der Waals surface area (Å²) in [5.41, 5.74) is 0.573. The molecule has 12 nitrogen and oxygen atoms in total. The Labute approximate surface area is 202 Å². The van der Waals surface area contributed by atoms with Crippen LogP contribution in [0.3, 0.4) is 0 Å². The molecule has 13 heteroatoms. The van der Waals surface area contributed by atoms with Crippen LogP contribution in [-0.4, -0.2) is 93.6 Å². The van der Waals surface area contributed by atoms with Gasteiger partial charge in [-0.15, -0.1) is 0 Å². The number of ether oxygens (including phenoxy) is 3. The fourth-order valence-corrected chi connectivity index (χ4v) is 5.22. The lowest BCUT2D eigenvalue weighted by Gasteiger charge is -2.29. The molecule has 0 bridgehead atoms. The number of benzene rings is 1. The summed E-state index contributed by atoms with van der Waals surface area (Å²) in [5, 5.41) is 10.7. The molecule has 1 aromatic rings. The SMILES string of the molecule is O=C(O)CCOCCOCCOCCS(=O)(=O)c1cccc2c1CN(C1CCC(=O)NC1=O)C2=O. The van der Waals surface area contributed by atoms with Crippen LogP contribution in [0, 0.1) is 0 Å². The van der Waals surface area contributed by atoms with Crippen molar-refractivity contribution < 1.29 is 46.9 Å². The first-order chi connectivity index (χ1) is 16.7. The number of nitrogens with one attached hydrogen (secondary N) is 1. The molecule has 3 rings (SSSR count). The van der Waals surface area contributed by atoms with Gasteiger partial charge in [0.15, 0.2) is 9.84 Å². The number of carboxylic acids is 1. The van der Waals surface area contributed by atoms with Gasteiger partial charge in [0.05, 0.1) is 56.7 Å². The first kappa shape index (κ1) is 26.7. The maximum Gasteiger partial charge on any atom is 0.305 e. The average molecular weight is 513 g/mol. The van der Waals surface area contributed by atoms with Gasteiger partial charge in [-0.25, -0.2) is 8.42 Å². The first-order valence-corrected chi connectivity index (χ1v) is 12.8. The van der Waals surface area contributed by atoms with E-state index in [1.54, 1.807) is 0 Å². The number of hydrogen-bond donors (Lipinski definition) is 2. The van der Waals surface area contributed by atoms with Gasteiger partial charge >= 0.3 is 5.97 Å². The fraction of sp³-hybridized carbons (Fsp3) is 0.545. The highest BCUT2D eigenvalue weighted by Crippen LogP contribution is 2.32. The highest BCUT2D eigenvalue weighted by Gasteiger charge is 2.40. The Morgan fingerprint density at radius 2 is 1.69 bits per heavy atom. The Kier molecular flexibility index (Phi) is 9.32. The van der Waals surface area contributed by atoms with Gasteiger partial charge in [-0.1, -0.05) is 6.07 Å². The topological polar surface area (TPSA) is 166 Å². The summed E-state index contributed by atoms with van der Waals surface area (Å²) in [5.74, 6) is -2.63. The highest BCUT2D eigenvalue weighted by atomic mass is 32.2.